The fourth-order valence-corrected chi connectivity index (χ4v) is 1.53. The Morgan fingerprint density at radius 2 is 2.19 bits per heavy atom. The Balaban J connectivity index is 1.81. The number of hydrazone groups is 1. The van der Waals surface area contributed by atoms with Crippen molar-refractivity contribution in [2.75, 3.05) is 0 Å². The molecule has 0 bridgehead atoms. The highest BCUT2D eigenvalue weighted by molar-refractivity contribution is 5.84. The molecule has 0 aliphatic heterocycles. The maximum absolute atomic E-state index is 11.5. The molecule has 0 aromatic carbocycles. The number of nitrogens with zero attached hydrogens (tertiary/aromatic N) is 2. The van der Waals surface area contributed by atoms with Crippen molar-refractivity contribution in [2.45, 2.75) is 12.8 Å². The molecule has 0 unspecified atom stereocenters. The van der Waals surface area contributed by atoms with E-state index in [0.29, 0.717) is 0 Å². The molecule has 1 amide bonds. The van der Waals surface area contributed by atoms with E-state index in [-0.39, 0.29) is 11.8 Å². The van der Waals surface area contributed by atoms with E-state index in [2.05, 4.69) is 22.1 Å². The maximum Gasteiger partial charge on any atom is 0.243 e. The number of carbonyl (C=O) groups is 1. The third-order valence-electron chi connectivity index (χ3n) is 2.54. The molecule has 4 nitrogen and oxygen atoms in total. The minimum Gasteiger partial charge on any atom is -0.273 e. The van der Waals surface area contributed by atoms with E-state index < -0.39 is 0 Å². The lowest BCUT2D eigenvalue weighted by molar-refractivity contribution is -0.126. The second-order valence-corrected chi connectivity index (χ2v) is 3.87. The Kier molecular flexibility index (Phi) is 3.10. The van der Waals surface area contributed by atoms with Crippen LogP contribution in [0.25, 0.3) is 0 Å². The number of allylic oxidation sites excluding steroid dienone is 1. The van der Waals surface area contributed by atoms with Crippen molar-refractivity contribution in [3.63, 3.8) is 0 Å². The summed E-state index contributed by atoms with van der Waals surface area (Å²) in [6.07, 6.45) is 6.54. The molecule has 0 radical (unpaired) electrons. The van der Waals surface area contributed by atoms with Gasteiger partial charge in [-0.1, -0.05) is 12.2 Å². The number of aromatic nitrogens is 1. The highest BCUT2D eigenvalue weighted by Crippen LogP contribution is 2.31. The fourth-order valence-electron chi connectivity index (χ4n) is 1.53. The Morgan fingerprint density at radius 1 is 1.50 bits per heavy atom. The van der Waals surface area contributed by atoms with Crippen LogP contribution in [0.5, 0.6) is 0 Å². The number of pyridine rings is 1. The SMILES string of the molecule is C=C1CC(C(=O)N/N=C\c2ccncc2)C1. The summed E-state index contributed by atoms with van der Waals surface area (Å²) in [5.74, 6) is 0.0276. The van der Waals surface area contributed by atoms with E-state index in [1.165, 1.54) is 0 Å². The van der Waals surface area contributed by atoms with Gasteiger partial charge in [-0.15, -0.1) is 0 Å². The summed E-state index contributed by atoms with van der Waals surface area (Å²) in [5, 5.41) is 3.89. The molecule has 1 saturated carbocycles. The van der Waals surface area contributed by atoms with Crippen LogP contribution in [0, 0.1) is 5.92 Å². The van der Waals surface area contributed by atoms with Gasteiger partial charge in [0.2, 0.25) is 5.91 Å². The lowest BCUT2D eigenvalue weighted by Crippen LogP contribution is -2.32. The Hall–Kier alpha value is -1.97. The summed E-state index contributed by atoms with van der Waals surface area (Å²) in [4.78, 5) is 15.4. The first-order chi connectivity index (χ1) is 7.75. The van der Waals surface area contributed by atoms with Crippen LogP contribution in [-0.2, 0) is 4.79 Å². The van der Waals surface area contributed by atoms with Gasteiger partial charge in [-0.05, 0) is 30.5 Å². The number of hydrogen-bond acceptors (Lipinski definition) is 3. The summed E-state index contributed by atoms with van der Waals surface area (Å²) in [6, 6.07) is 3.64. The first-order valence-electron chi connectivity index (χ1n) is 5.15. The van der Waals surface area contributed by atoms with Gasteiger partial charge in [0.1, 0.15) is 0 Å². The second kappa shape index (κ2) is 4.70. The molecule has 4 heteroatoms. The van der Waals surface area contributed by atoms with Gasteiger partial charge < -0.3 is 0 Å². The van der Waals surface area contributed by atoms with Gasteiger partial charge in [0.05, 0.1) is 6.21 Å². The van der Waals surface area contributed by atoms with E-state index >= 15 is 0 Å². The number of hydrogen-bond donors (Lipinski definition) is 1. The average molecular weight is 215 g/mol. The quantitative estimate of drug-likeness (QED) is 0.472. The second-order valence-electron chi connectivity index (χ2n) is 3.87. The van der Waals surface area contributed by atoms with Crippen molar-refractivity contribution in [3.8, 4) is 0 Å². The molecule has 1 aromatic heterocycles. The van der Waals surface area contributed by atoms with E-state index in [0.717, 1.165) is 24.0 Å². The zero-order valence-corrected chi connectivity index (χ0v) is 8.89. The van der Waals surface area contributed by atoms with Gasteiger partial charge in [-0.25, -0.2) is 5.43 Å². The summed E-state index contributed by atoms with van der Waals surface area (Å²) in [7, 11) is 0. The van der Waals surface area contributed by atoms with E-state index in [1.54, 1.807) is 18.6 Å². The lowest BCUT2D eigenvalue weighted by atomic mass is 9.81. The topological polar surface area (TPSA) is 54.4 Å². The molecule has 1 fully saturated rings. The smallest absolute Gasteiger partial charge is 0.243 e. The van der Waals surface area contributed by atoms with E-state index in [1.807, 2.05) is 12.1 Å². The van der Waals surface area contributed by atoms with Crippen molar-refractivity contribution in [2.24, 2.45) is 11.0 Å². The summed E-state index contributed by atoms with van der Waals surface area (Å²) >= 11 is 0. The fraction of sp³-hybridized carbons (Fsp3) is 0.250. The average Bonchev–Trinajstić information content (AvgIpc) is 2.26. The molecule has 1 aromatic rings. The molecule has 1 aliphatic carbocycles. The van der Waals surface area contributed by atoms with Gasteiger partial charge in [-0.2, -0.15) is 5.10 Å². The van der Waals surface area contributed by atoms with Gasteiger partial charge >= 0.3 is 0 Å². The molecule has 0 atom stereocenters. The first kappa shape index (κ1) is 10.5. The first-order valence-corrected chi connectivity index (χ1v) is 5.15. The van der Waals surface area contributed by atoms with Crippen LogP contribution in [-0.4, -0.2) is 17.1 Å². The van der Waals surface area contributed by atoms with Crippen molar-refractivity contribution >= 4 is 12.1 Å². The lowest BCUT2D eigenvalue weighted by Gasteiger charge is -2.25. The Morgan fingerprint density at radius 3 is 2.81 bits per heavy atom. The highest BCUT2D eigenvalue weighted by Gasteiger charge is 2.27. The summed E-state index contributed by atoms with van der Waals surface area (Å²) in [6.45, 7) is 3.80. The summed E-state index contributed by atoms with van der Waals surface area (Å²) in [5.41, 5.74) is 4.57. The van der Waals surface area contributed by atoms with Crippen LogP contribution in [0.3, 0.4) is 0 Å². The molecule has 16 heavy (non-hydrogen) atoms. The number of nitrogens with one attached hydrogen (secondary N) is 1. The third-order valence-corrected chi connectivity index (χ3v) is 2.54. The number of amides is 1. The molecule has 1 N–H and O–H groups in total. The molecular formula is C12H13N3O. The van der Waals surface area contributed by atoms with Crippen LogP contribution in [0.1, 0.15) is 18.4 Å². The predicted octanol–water partition coefficient (Wildman–Crippen LogP) is 1.50. The largest absolute Gasteiger partial charge is 0.273 e. The van der Waals surface area contributed by atoms with Gasteiger partial charge in [0, 0.05) is 18.3 Å². The minimum absolute atomic E-state index is 0.0299. The molecule has 0 saturated heterocycles. The highest BCUT2D eigenvalue weighted by atomic mass is 16.2. The van der Waals surface area contributed by atoms with Crippen molar-refractivity contribution in [3.05, 3.63) is 42.2 Å². The monoisotopic (exact) mass is 215 g/mol. The molecule has 1 heterocycles. The standard InChI is InChI=1S/C12H13N3O/c1-9-6-11(7-9)12(16)15-14-8-10-2-4-13-5-3-10/h2-5,8,11H,1,6-7H2,(H,15,16)/b14-8-. The van der Waals surface area contributed by atoms with Gasteiger partial charge in [0.25, 0.3) is 0 Å². The molecule has 0 spiro atoms. The molecule has 2 rings (SSSR count). The van der Waals surface area contributed by atoms with E-state index in [4.69, 9.17) is 0 Å². The van der Waals surface area contributed by atoms with Crippen LogP contribution in [0.2, 0.25) is 0 Å². The van der Waals surface area contributed by atoms with Crippen LogP contribution in [0.15, 0.2) is 41.8 Å². The van der Waals surface area contributed by atoms with Crippen molar-refractivity contribution < 1.29 is 4.79 Å². The maximum atomic E-state index is 11.5. The molecule has 1 aliphatic rings. The molecule has 82 valence electrons. The zero-order chi connectivity index (χ0) is 11.4. The number of carbonyl (C=O) groups excluding carboxylic acids is 1. The third kappa shape index (κ3) is 2.53. The van der Waals surface area contributed by atoms with Gasteiger partial charge in [0.15, 0.2) is 0 Å². The molecular weight excluding hydrogens is 202 g/mol. The van der Waals surface area contributed by atoms with Crippen molar-refractivity contribution in [1.29, 1.82) is 0 Å². The van der Waals surface area contributed by atoms with Gasteiger partial charge in [-0.3, -0.25) is 9.78 Å². The number of rotatable bonds is 3. The Labute approximate surface area is 94.1 Å². The van der Waals surface area contributed by atoms with Crippen LogP contribution >= 0.6 is 0 Å². The van der Waals surface area contributed by atoms with E-state index in [9.17, 15) is 4.79 Å². The van der Waals surface area contributed by atoms with Crippen LogP contribution in [0.4, 0.5) is 0 Å². The summed E-state index contributed by atoms with van der Waals surface area (Å²) < 4.78 is 0. The zero-order valence-electron chi connectivity index (χ0n) is 8.89. The Bertz CT molecular complexity index is 417. The predicted molar refractivity (Wildman–Crippen MR) is 61.8 cm³/mol. The minimum atomic E-state index is -0.0299. The normalized spacial score (nSPS) is 16.1. The van der Waals surface area contributed by atoms with Crippen molar-refractivity contribution in [1.82, 2.24) is 10.4 Å². The van der Waals surface area contributed by atoms with Crippen LogP contribution < -0.4 is 5.43 Å².